The van der Waals surface area contributed by atoms with Crippen molar-refractivity contribution in [2.75, 3.05) is 13.1 Å². The van der Waals surface area contributed by atoms with Gasteiger partial charge in [0.1, 0.15) is 0 Å². The average Bonchev–Trinajstić information content (AvgIpc) is 2.85. The maximum atomic E-state index is 13.5. The molecule has 1 aliphatic heterocycles. The van der Waals surface area contributed by atoms with Gasteiger partial charge in [0.15, 0.2) is 5.78 Å². The predicted octanol–water partition coefficient (Wildman–Crippen LogP) is 4.84. The Morgan fingerprint density at radius 3 is 2.30 bits per heavy atom. The second-order valence-electron chi connectivity index (χ2n) is 9.61. The number of rotatable bonds is 5. The van der Waals surface area contributed by atoms with Crippen LogP contribution in [0.4, 0.5) is 0 Å². The summed E-state index contributed by atoms with van der Waals surface area (Å²) in [5, 5.41) is 3.22. The Bertz CT molecular complexity index is 1040. The number of carbonyl (C=O) groups is 3. The summed E-state index contributed by atoms with van der Waals surface area (Å²) in [6.07, 6.45) is 7.28. The van der Waals surface area contributed by atoms with E-state index in [-0.39, 0.29) is 29.6 Å². The number of hydrogen-bond acceptors (Lipinski definition) is 3. The lowest BCUT2D eigenvalue weighted by Crippen LogP contribution is -2.48. The number of likely N-dealkylation sites (tertiary alicyclic amines) is 1. The van der Waals surface area contributed by atoms with Crippen LogP contribution in [-0.4, -0.2) is 41.6 Å². The molecule has 1 aliphatic carbocycles. The standard InChI is InChI=1S/C28H34N2O3/c1-19-14-15-21(17-20(19)2)26(31)24-12-6-7-13-25(24)28(33)30-16-8-9-22(18-30)27(32)29-23-10-4-3-5-11-23/h6-7,12-15,17,22-23H,3-5,8-11,16,18H2,1-2H3,(H,29,32). The zero-order chi connectivity index (χ0) is 23.4. The average molecular weight is 447 g/mol. The van der Waals surface area contributed by atoms with Crippen molar-refractivity contribution in [3.63, 3.8) is 0 Å². The minimum absolute atomic E-state index is 0.0684. The zero-order valence-corrected chi connectivity index (χ0v) is 19.7. The van der Waals surface area contributed by atoms with E-state index in [1.807, 2.05) is 32.0 Å². The molecule has 2 aromatic carbocycles. The molecule has 0 spiro atoms. The van der Waals surface area contributed by atoms with Gasteiger partial charge in [0.2, 0.25) is 5.91 Å². The van der Waals surface area contributed by atoms with Crippen molar-refractivity contribution in [3.8, 4) is 0 Å². The van der Waals surface area contributed by atoms with Gasteiger partial charge < -0.3 is 10.2 Å². The number of amides is 2. The molecular formula is C28H34N2O3. The number of nitrogens with one attached hydrogen (secondary N) is 1. The van der Waals surface area contributed by atoms with Crippen molar-refractivity contribution < 1.29 is 14.4 Å². The van der Waals surface area contributed by atoms with E-state index in [9.17, 15) is 14.4 Å². The molecule has 1 N–H and O–H groups in total. The van der Waals surface area contributed by atoms with Crippen LogP contribution in [0.3, 0.4) is 0 Å². The number of piperidine rings is 1. The summed E-state index contributed by atoms with van der Waals surface area (Å²) < 4.78 is 0. The van der Waals surface area contributed by atoms with E-state index in [0.717, 1.165) is 36.8 Å². The van der Waals surface area contributed by atoms with E-state index in [2.05, 4.69) is 5.32 Å². The summed E-state index contributed by atoms with van der Waals surface area (Å²) in [4.78, 5) is 41.4. The first kappa shape index (κ1) is 23.2. The van der Waals surface area contributed by atoms with Crippen LogP contribution < -0.4 is 5.32 Å². The summed E-state index contributed by atoms with van der Waals surface area (Å²) in [5.74, 6) is -0.435. The van der Waals surface area contributed by atoms with Gasteiger partial charge in [-0.2, -0.15) is 0 Å². The molecule has 174 valence electrons. The fraction of sp³-hybridized carbons (Fsp3) is 0.464. The van der Waals surface area contributed by atoms with Crippen LogP contribution in [0.25, 0.3) is 0 Å². The Hall–Kier alpha value is -2.95. The molecule has 0 bridgehead atoms. The van der Waals surface area contributed by atoms with Crippen molar-refractivity contribution in [2.45, 2.75) is 64.8 Å². The van der Waals surface area contributed by atoms with Crippen molar-refractivity contribution in [1.82, 2.24) is 10.2 Å². The number of ketones is 1. The van der Waals surface area contributed by atoms with Gasteiger partial charge >= 0.3 is 0 Å². The Morgan fingerprint density at radius 1 is 0.848 bits per heavy atom. The molecule has 5 heteroatoms. The number of aryl methyl sites for hydroxylation is 2. The Labute approximate surface area is 196 Å². The smallest absolute Gasteiger partial charge is 0.254 e. The van der Waals surface area contributed by atoms with Gasteiger partial charge in [-0.25, -0.2) is 0 Å². The van der Waals surface area contributed by atoms with Crippen molar-refractivity contribution in [2.24, 2.45) is 5.92 Å². The molecule has 2 amide bonds. The maximum absolute atomic E-state index is 13.5. The summed E-state index contributed by atoms with van der Waals surface area (Å²) in [5.41, 5.74) is 3.59. The number of hydrogen-bond donors (Lipinski definition) is 1. The van der Waals surface area contributed by atoms with Crippen LogP contribution in [0.2, 0.25) is 0 Å². The summed E-state index contributed by atoms with van der Waals surface area (Å²) in [6.45, 7) is 5.01. The first-order valence-corrected chi connectivity index (χ1v) is 12.2. The Balaban J connectivity index is 1.49. The van der Waals surface area contributed by atoms with Gasteiger partial charge in [-0.3, -0.25) is 14.4 Å². The Kier molecular flexibility index (Phi) is 7.26. The monoisotopic (exact) mass is 446 g/mol. The highest BCUT2D eigenvalue weighted by molar-refractivity contribution is 6.15. The van der Waals surface area contributed by atoms with E-state index in [0.29, 0.717) is 29.8 Å². The summed E-state index contributed by atoms with van der Waals surface area (Å²) >= 11 is 0. The second-order valence-corrected chi connectivity index (χ2v) is 9.61. The molecule has 1 heterocycles. The van der Waals surface area contributed by atoms with Crippen molar-refractivity contribution >= 4 is 17.6 Å². The molecule has 2 aliphatic rings. The molecule has 2 fully saturated rings. The van der Waals surface area contributed by atoms with E-state index in [1.54, 1.807) is 29.2 Å². The van der Waals surface area contributed by atoms with Gasteiger partial charge in [0.05, 0.1) is 11.5 Å². The van der Waals surface area contributed by atoms with Crippen LogP contribution in [0, 0.1) is 19.8 Å². The molecule has 1 saturated carbocycles. The van der Waals surface area contributed by atoms with E-state index >= 15 is 0 Å². The van der Waals surface area contributed by atoms with Crippen LogP contribution in [0.1, 0.15) is 82.4 Å². The van der Waals surface area contributed by atoms with Crippen LogP contribution in [0.5, 0.6) is 0 Å². The zero-order valence-electron chi connectivity index (χ0n) is 19.7. The molecular weight excluding hydrogens is 412 g/mol. The highest BCUT2D eigenvalue weighted by Gasteiger charge is 2.31. The minimum atomic E-state index is -0.188. The van der Waals surface area contributed by atoms with Crippen LogP contribution in [0.15, 0.2) is 42.5 Å². The van der Waals surface area contributed by atoms with E-state index in [4.69, 9.17) is 0 Å². The van der Waals surface area contributed by atoms with Crippen LogP contribution >= 0.6 is 0 Å². The van der Waals surface area contributed by atoms with Gasteiger partial charge in [-0.1, -0.05) is 49.6 Å². The fourth-order valence-electron chi connectivity index (χ4n) is 5.02. The molecule has 1 unspecified atom stereocenters. The summed E-state index contributed by atoms with van der Waals surface area (Å²) in [7, 11) is 0. The van der Waals surface area contributed by atoms with E-state index < -0.39 is 0 Å². The van der Waals surface area contributed by atoms with Crippen LogP contribution in [-0.2, 0) is 4.79 Å². The molecule has 1 atom stereocenters. The highest BCUT2D eigenvalue weighted by atomic mass is 16.2. The predicted molar refractivity (Wildman–Crippen MR) is 129 cm³/mol. The summed E-state index contributed by atoms with van der Waals surface area (Å²) in [6, 6.07) is 12.9. The molecule has 0 radical (unpaired) electrons. The van der Waals surface area contributed by atoms with Crippen molar-refractivity contribution in [1.29, 1.82) is 0 Å². The molecule has 4 rings (SSSR count). The molecule has 0 aromatic heterocycles. The number of benzene rings is 2. The lowest BCUT2D eigenvalue weighted by molar-refractivity contribution is -0.127. The highest BCUT2D eigenvalue weighted by Crippen LogP contribution is 2.24. The molecule has 2 aromatic rings. The SMILES string of the molecule is Cc1ccc(C(=O)c2ccccc2C(=O)N2CCCC(C(=O)NC3CCCCC3)C2)cc1C. The first-order chi connectivity index (χ1) is 15.9. The van der Waals surface area contributed by atoms with E-state index in [1.165, 1.54) is 19.3 Å². The van der Waals surface area contributed by atoms with Crippen molar-refractivity contribution in [3.05, 3.63) is 70.3 Å². The third kappa shape index (κ3) is 5.35. The fourth-order valence-corrected chi connectivity index (χ4v) is 5.02. The van der Waals surface area contributed by atoms with Gasteiger partial charge in [0, 0.05) is 30.3 Å². The van der Waals surface area contributed by atoms with Gasteiger partial charge in [-0.05, 0) is 62.8 Å². The number of nitrogens with zero attached hydrogens (tertiary/aromatic N) is 1. The lowest BCUT2D eigenvalue weighted by Gasteiger charge is -2.34. The second kappa shape index (κ2) is 10.3. The third-order valence-electron chi connectivity index (χ3n) is 7.20. The third-order valence-corrected chi connectivity index (χ3v) is 7.20. The molecule has 33 heavy (non-hydrogen) atoms. The van der Waals surface area contributed by atoms with Gasteiger partial charge in [-0.15, -0.1) is 0 Å². The lowest BCUT2D eigenvalue weighted by atomic mass is 9.92. The quantitative estimate of drug-likeness (QED) is 0.669. The largest absolute Gasteiger partial charge is 0.353 e. The topological polar surface area (TPSA) is 66.5 Å². The maximum Gasteiger partial charge on any atom is 0.254 e. The molecule has 1 saturated heterocycles. The molecule has 5 nitrogen and oxygen atoms in total. The minimum Gasteiger partial charge on any atom is -0.353 e. The first-order valence-electron chi connectivity index (χ1n) is 12.2. The van der Waals surface area contributed by atoms with Gasteiger partial charge in [0.25, 0.3) is 5.91 Å². The Morgan fingerprint density at radius 2 is 1.58 bits per heavy atom. The number of carbonyl (C=O) groups excluding carboxylic acids is 3. The normalized spacial score (nSPS) is 19.2.